The predicted molar refractivity (Wildman–Crippen MR) is 70.0 cm³/mol. The van der Waals surface area contributed by atoms with Gasteiger partial charge >= 0.3 is 0 Å². The molecule has 1 unspecified atom stereocenters. The van der Waals surface area contributed by atoms with Gasteiger partial charge in [-0.15, -0.1) is 0 Å². The fourth-order valence-corrected chi connectivity index (χ4v) is 1.81. The van der Waals surface area contributed by atoms with Gasteiger partial charge in [-0.25, -0.2) is 0 Å². The van der Waals surface area contributed by atoms with Crippen molar-refractivity contribution in [3.05, 3.63) is 35.9 Å². The normalized spacial score (nSPS) is 12.9. The van der Waals surface area contributed by atoms with Crippen molar-refractivity contribution >= 4 is 0 Å². The summed E-state index contributed by atoms with van der Waals surface area (Å²) in [5.74, 6) is 0. The van der Waals surface area contributed by atoms with Crippen LogP contribution in [0.15, 0.2) is 30.3 Å². The van der Waals surface area contributed by atoms with Crippen LogP contribution >= 0.6 is 0 Å². The minimum Gasteiger partial charge on any atom is -0.351 e. The molecule has 0 heterocycles. The monoisotopic (exact) mass is 237 g/mol. The van der Waals surface area contributed by atoms with Crippen LogP contribution in [-0.4, -0.2) is 32.6 Å². The molecule has 1 aromatic carbocycles. The molecule has 0 fully saturated rings. The molecule has 1 rings (SSSR count). The van der Waals surface area contributed by atoms with Crippen LogP contribution in [0.4, 0.5) is 0 Å². The summed E-state index contributed by atoms with van der Waals surface area (Å²) in [5.41, 5.74) is 1.29. The van der Waals surface area contributed by atoms with E-state index in [4.69, 9.17) is 9.47 Å². The smallest absolute Gasteiger partial charge is 0.172 e. The van der Waals surface area contributed by atoms with Crippen molar-refractivity contribution in [2.75, 3.05) is 20.3 Å². The van der Waals surface area contributed by atoms with Crippen molar-refractivity contribution in [1.29, 1.82) is 0 Å². The minimum absolute atomic E-state index is 0.178. The van der Waals surface area contributed by atoms with Crippen LogP contribution < -0.4 is 5.32 Å². The van der Waals surface area contributed by atoms with Crippen LogP contribution in [0, 0.1) is 0 Å². The van der Waals surface area contributed by atoms with Gasteiger partial charge in [0, 0.05) is 13.2 Å². The molecule has 0 aliphatic carbocycles. The number of benzene rings is 1. The Kier molecular flexibility index (Phi) is 6.86. The zero-order valence-electron chi connectivity index (χ0n) is 11.0. The summed E-state index contributed by atoms with van der Waals surface area (Å²) in [7, 11) is 1.94. The van der Waals surface area contributed by atoms with E-state index in [1.165, 1.54) is 5.56 Å². The number of rotatable bonds is 8. The van der Waals surface area contributed by atoms with Gasteiger partial charge in [-0.05, 0) is 32.9 Å². The molecule has 0 saturated carbocycles. The molecular weight excluding hydrogens is 214 g/mol. The van der Waals surface area contributed by atoms with E-state index in [1.807, 2.05) is 27.0 Å². The Hall–Kier alpha value is -0.900. The number of nitrogens with one attached hydrogen (secondary N) is 1. The molecule has 0 spiro atoms. The Bertz CT molecular complexity index is 284. The SMILES string of the molecule is CCOC(OCC)C(Cc1ccccc1)NC. The molecule has 1 N–H and O–H groups in total. The highest BCUT2D eigenvalue weighted by molar-refractivity contribution is 5.16. The van der Waals surface area contributed by atoms with Crippen LogP contribution in [0.2, 0.25) is 0 Å². The molecule has 96 valence electrons. The maximum atomic E-state index is 5.62. The lowest BCUT2D eigenvalue weighted by molar-refractivity contribution is -0.152. The van der Waals surface area contributed by atoms with E-state index in [0.29, 0.717) is 13.2 Å². The van der Waals surface area contributed by atoms with Gasteiger partial charge in [-0.3, -0.25) is 0 Å². The van der Waals surface area contributed by atoms with Gasteiger partial charge in [0.1, 0.15) is 0 Å². The first-order valence-electron chi connectivity index (χ1n) is 6.26. The molecule has 17 heavy (non-hydrogen) atoms. The summed E-state index contributed by atoms with van der Waals surface area (Å²) in [6, 6.07) is 10.6. The highest BCUT2D eigenvalue weighted by atomic mass is 16.7. The molecule has 0 saturated heterocycles. The summed E-state index contributed by atoms with van der Waals surface area (Å²) in [4.78, 5) is 0. The quantitative estimate of drug-likeness (QED) is 0.703. The number of ether oxygens (including phenoxy) is 2. The fraction of sp³-hybridized carbons (Fsp3) is 0.571. The molecule has 0 aromatic heterocycles. The molecule has 1 aromatic rings. The Balaban J connectivity index is 2.61. The van der Waals surface area contributed by atoms with E-state index in [2.05, 4.69) is 29.6 Å². The lowest BCUT2D eigenvalue weighted by Crippen LogP contribution is -2.42. The van der Waals surface area contributed by atoms with Crippen LogP contribution in [0.3, 0.4) is 0 Å². The van der Waals surface area contributed by atoms with E-state index in [-0.39, 0.29) is 12.3 Å². The second kappa shape index (κ2) is 8.23. The van der Waals surface area contributed by atoms with Gasteiger partial charge in [0.25, 0.3) is 0 Å². The Labute approximate surface area is 104 Å². The van der Waals surface area contributed by atoms with Crippen LogP contribution in [0.5, 0.6) is 0 Å². The number of hydrogen-bond acceptors (Lipinski definition) is 3. The van der Waals surface area contributed by atoms with Crippen molar-refractivity contribution in [2.45, 2.75) is 32.6 Å². The highest BCUT2D eigenvalue weighted by Crippen LogP contribution is 2.09. The highest BCUT2D eigenvalue weighted by Gasteiger charge is 2.20. The van der Waals surface area contributed by atoms with Gasteiger partial charge in [-0.1, -0.05) is 30.3 Å². The van der Waals surface area contributed by atoms with E-state index in [1.54, 1.807) is 0 Å². The van der Waals surface area contributed by atoms with Crippen LogP contribution in [0.1, 0.15) is 19.4 Å². The van der Waals surface area contributed by atoms with Crippen molar-refractivity contribution in [1.82, 2.24) is 5.32 Å². The van der Waals surface area contributed by atoms with Gasteiger partial charge in [-0.2, -0.15) is 0 Å². The lowest BCUT2D eigenvalue weighted by atomic mass is 10.1. The van der Waals surface area contributed by atoms with Crippen molar-refractivity contribution in [2.24, 2.45) is 0 Å². The van der Waals surface area contributed by atoms with E-state index in [0.717, 1.165) is 6.42 Å². The third-order valence-electron chi connectivity index (χ3n) is 2.66. The third-order valence-corrected chi connectivity index (χ3v) is 2.66. The average Bonchev–Trinajstić information content (AvgIpc) is 2.37. The second-order valence-electron chi connectivity index (χ2n) is 3.86. The molecule has 0 aliphatic heterocycles. The maximum Gasteiger partial charge on any atom is 0.172 e. The average molecular weight is 237 g/mol. The fourth-order valence-electron chi connectivity index (χ4n) is 1.81. The van der Waals surface area contributed by atoms with Gasteiger partial charge in [0.15, 0.2) is 6.29 Å². The molecular formula is C14H23NO2. The molecule has 0 amide bonds. The Morgan fingerprint density at radius 3 is 2.12 bits per heavy atom. The van der Waals surface area contributed by atoms with Crippen LogP contribution in [-0.2, 0) is 15.9 Å². The Morgan fingerprint density at radius 1 is 1.06 bits per heavy atom. The van der Waals surface area contributed by atoms with Gasteiger partial charge in [0.2, 0.25) is 0 Å². The van der Waals surface area contributed by atoms with Gasteiger partial charge < -0.3 is 14.8 Å². The molecule has 0 aliphatic rings. The summed E-state index contributed by atoms with van der Waals surface area (Å²) in [6.45, 7) is 5.30. The third kappa shape index (κ3) is 4.86. The molecule has 3 heteroatoms. The minimum atomic E-state index is -0.185. The maximum absolute atomic E-state index is 5.62. The van der Waals surface area contributed by atoms with E-state index in [9.17, 15) is 0 Å². The second-order valence-corrected chi connectivity index (χ2v) is 3.86. The zero-order chi connectivity index (χ0) is 12.5. The first-order valence-corrected chi connectivity index (χ1v) is 6.26. The number of likely N-dealkylation sites (N-methyl/N-ethyl adjacent to an activating group) is 1. The number of hydrogen-bond donors (Lipinski definition) is 1. The molecule has 3 nitrogen and oxygen atoms in total. The zero-order valence-corrected chi connectivity index (χ0v) is 11.0. The van der Waals surface area contributed by atoms with Crippen LogP contribution in [0.25, 0.3) is 0 Å². The summed E-state index contributed by atoms with van der Waals surface area (Å²) >= 11 is 0. The van der Waals surface area contributed by atoms with Crippen molar-refractivity contribution in [3.8, 4) is 0 Å². The summed E-state index contributed by atoms with van der Waals surface area (Å²) in [6.07, 6.45) is 0.720. The van der Waals surface area contributed by atoms with Crippen molar-refractivity contribution in [3.63, 3.8) is 0 Å². The van der Waals surface area contributed by atoms with E-state index < -0.39 is 0 Å². The topological polar surface area (TPSA) is 30.5 Å². The first kappa shape index (κ1) is 14.2. The predicted octanol–water partition coefficient (Wildman–Crippen LogP) is 2.22. The first-order chi connectivity index (χ1) is 8.31. The van der Waals surface area contributed by atoms with E-state index >= 15 is 0 Å². The summed E-state index contributed by atoms with van der Waals surface area (Å²) < 4.78 is 11.2. The summed E-state index contributed by atoms with van der Waals surface area (Å²) in [5, 5.41) is 3.27. The lowest BCUT2D eigenvalue weighted by Gasteiger charge is -2.26. The van der Waals surface area contributed by atoms with Crippen molar-refractivity contribution < 1.29 is 9.47 Å². The molecule has 0 radical (unpaired) electrons. The van der Waals surface area contributed by atoms with Gasteiger partial charge in [0.05, 0.1) is 6.04 Å². The standard InChI is InChI=1S/C14H23NO2/c1-4-16-14(17-5-2)13(15-3)11-12-9-7-6-8-10-12/h6-10,13-15H,4-5,11H2,1-3H3. The molecule has 0 bridgehead atoms. The molecule has 1 atom stereocenters. The Morgan fingerprint density at radius 2 is 1.65 bits per heavy atom. The largest absolute Gasteiger partial charge is 0.351 e.